The molecule has 5 heteroatoms. The molecular formula is C40H73NO4. The normalized spacial score (nSPS) is 14.3. The summed E-state index contributed by atoms with van der Waals surface area (Å²) >= 11 is 0. The summed E-state index contributed by atoms with van der Waals surface area (Å²) in [6.07, 6.45) is 43.8. The van der Waals surface area contributed by atoms with Crippen molar-refractivity contribution in [2.24, 2.45) is 0 Å². The molecule has 0 aromatic carbocycles. The molecule has 1 amide bonds. The molecule has 0 fully saturated rings. The fourth-order valence-corrected chi connectivity index (χ4v) is 5.36. The largest absolute Gasteiger partial charge is 0.394 e. The lowest BCUT2D eigenvalue weighted by molar-refractivity contribution is -0.124. The maximum Gasteiger partial charge on any atom is 0.222 e. The summed E-state index contributed by atoms with van der Waals surface area (Å²) in [5.41, 5.74) is 0. The molecule has 0 aromatic heterocycles. The minimum absolute atomic E-state index is 0.00465. The van der Waals surface area contributed by atoms with Crippen molar-refractivity contribution in [3.8, 4) is 0 Å². The average molecular weight is 632 g/mol. The van der Waals surface area contributed by atoms with Gasteiger partial charge in [0.05, 0.1) is 31.3 Å². The summed E-state index contributed by atoms with van der Waals surface area (Å²) in [5.74, 6) is -0.338. The van der Waals surface area contributed by atoms with Crippen LogP contribution in [0.3, 0.4) is 0 Å². The van der Waals surface area contributed by atoms with Gasteiger partial charge in [0.25, 0.3) is 0 Å². The lowest BCUT2D eigenvalue weighted by atomic mass is 10.0. The number of amides is 1. The van der Waals surface area contributed by atoms with Crippen LogP contribution in [0.4, 0.5) is 0 Å². The number of aliphatic hydroxyl groups is 3. The van der Waals surface area contributed by atoms with Crippen LogP contribution in [0.5, 0.6) is 0 Å². The van der Waals surface area contributed by atoms with E-state index < -0.39 is 18.2 Å². The highest BCUT2D eigenvalue weighted by atomic mass is 16.3. The number of hydrogen-bond acceptors (Lipinski definition) is 4. The van der Waals surface area contributed by atoms with E-state index in [4.69, 9.17) is 0 Å². The van der Waals surface area contributed by atoms with E-state index in [0.29, 0.717) is 6.42 Å². The molecule has 0 heterocycles. The number of carbonyl (C=O) groups is 1. The lowest BCUT2D eigenvalue weighted by Crippen LogP contribution is -2.45. The van der Waals surface area contributed by atoms with Gasteiger partial charge in [-0.05, 0) is 70.6 Å². The van der Waals surface area contributed by atoms with Gasteiger partial charge in [-0.3, -0.25) is 4.79 Å². The quantitative estimate of drug-likeness (QED) is 0.0429. The minimum atomic E-state index is -0.960. The molecule has 0 aliphatic rings. The van der Waals surface area contributed by atoms with Crippen molar-refractivity contribution in [2.75, 3.05) is 6.61 Å². The molecule has 0 saturated heterocycles. The molecule has 0 aliphatic carbocycles. The molecule has 4 N–H and O–H groups in total. The van der Waals surface area contributed by atoms with Crippen LogP contribution < -0.4 is 5.32 Å². The molecule has 0 aliphatic heterocycles. The van der Waals surface area contributed by atoms with E-state index in [1.54, 1.807) is 6.08 Å². The highest BCUT2D eigenvalue weighted by molar-refractivity contribution is 5.76. The number of aliphatic hydroxyl groups excluding tert-OH is 3. The number of unbranched alkanes of at least 4 members (excludes halogenated alkanes) is 18. The molecule has 3 unspecified atom stereocenters. The van der Waals surface area contributed by atoms with Crippen LogP contribution in [-0.4, -0.2) is 46.1 Å². The molecule has 0 spiro atoms. The molecule has 0 saturated carbocycles. The zero-order valence-electron chi connectivity index (χ0n) is 29.5. The number of carbonyl (C=O) groups excluding carboxylic acids is 1. The van der Waals surface area contributed by atoms with Crippen molar-refractivity contribution >= 4 is 5.91 Å². The Kier molecular flexibility index (Phi) is 33.8. The third kappa shape index (κ3) is 32.1. The van der Waals surface area contributed by atoms with Crippen molar-refractivity contribution in [1.29, 1.82) is 0 Å². The second-order valence-corrected chi connectivity index (χ2v) is 12.8. The van der Waals surface area contributed by atoms with Crippen LogP contribution >= 0.6 is 0 Å². The van der Waals surface area contributed by atoms with Gasteiger partial charge in [0.2, 0.25) is 5.91 Å². The van der Waals surface area contributed by atoms with Crippen LogP contribution in [0.15, 0.2) is 48.6 Å². The van der Waals surface area contributed by atoms with Gasteiger partial charge in [0.15, 0.2) is 0 Å². The first-order valence-electron chi connectivity index (χ1n) is 18.9. The maximum atomic E-state index is 12.4. The van der Waals surface area contributed by atoms with Crippen LogP contribution in [-0.2, 0) is 4.79 Å². The molecule has 3 atom stereocenters. The molecule has 262 valence electrons. The summed E-state index contributed by atoms with van der Waals surface area (Å²) in [4.78, 5) is 12.4. The number of nitrogens with one attached hydrogen (secondary N) is 1. The molecule has 0 rings (SSSR count). The second kappa shape index (κ2) is 35.2. The Labute approximate surface area is 278 Å². The summed E-state index contributed by atoms with van der Waals surface area (Å²) < 4.78 is 0. The summed E-state index contributed by atoms with van der Waals surface area (Å²) in [7, 11) is 0. The Morgan fingerprint density at radius 3 is 1.47 bits per heavy atom. The highest BCUT2D eigenvalue weighted by Gasteiger charge is 2.20. The van der Waals surface area contributed by atoms with E-state index >= 15 is 0 Å². The Hall–Kier alpha value is -1.69. The smallest absolute Gasteiger partial charge is 0.222 e. The van der Waals surface area contributed by atoms with E-state index in [1.807, 2.05) is 6.08 Å². The monoisotopic (exact) mass is 632 g/mol. The average Bonchev–Trinajstić information content (AvgIpc) is 3.03. The minimum Gasteiger partial charge on any atom is -0.394 e. The van der Waals surface area contributed by atoms with Crippen molar-refractivity contribution in [3.05, 3.63) is 48.6 Å². The summed E-state index contributed by atoms with van der Waals surface area (Å²) in [6, 6.07) is -0.769. The topological polar surface area (TPSA) is 89.8 Å². The van der Waals surface area contributed by atoms with Gasteiger partial charge >= 0.3 is 0 Å². The second-order valence-electron chi connectivity index (χ2n) is 12.8. The van der Waals surface area contributed by atoms with Gasteiger partial charge in [0, 0.05) is 0 Å². The molecule has 0 radical (unpaired) electrons. The molecular weight excluding hydrogens is 558 g/mol. The van der Waals surface area contributed by atoms with E-state index in [1.165, 1.54) is 96.3 Å². The van der Waals surface area contributed by atoms with Gasteiger partial charge in [-0.1, -0.05) is 146 Å². The molecule has 0 bridgehead atoms. The standard InChI is InChI=1S/C40H73NO4/c1-3-5-7-9-11-13-15-17-18-19-20-22-23-25-27-29-31-33-37(43)35-40(45)41-38(36-42)39(44)34-32-30-28-26-24-21-16-14-12-10-8-6-4-2/h12,14,19-20,24,26,32,34,37-39,42-44H,3-11,13,15-18,21-23,25,27-31,33,35-36H2,1-2H3,(H,41,45)/b14-12+,20-19-,26-24+,34-32+. The van der Waals surface area contributed by atoms with Gasteiger partial charge in [-0.25, -0.2) is 0 Å². The fourth-order valence-electron chi connectivity index (χ4n) is 5.36. The summed E-state index contributed by atoms with van der Waals surface area (Å²) in [5, 5.41) is 33.0. The van der Waals surface area contributed by atoms with Crippen LogP contribution in [0, 0.1) is 0 Å². The van der Waals surface area contributed by atoms with Crippen molar-refractivity contribution in [2.45, 2.75) is 193 Å². The molecule has 0 aromatic rings. The van der Waals surface area contributed by atoms with Gasteiger partial charge in [-0.15, -0.1) is 0 Å². The third-order valence-corrected chi connectivity index (χ3v) is 8.32. The number of rotatable bonds is 33. The van der Waals surface area contributed by atoms with E-state index in [2.05, 4.69) is 55.6 Å². The van der Waals surface area contributed by atoms with Crippen LogP contribution in [0.1, 0.15) is 174 Å². The van der Waals surface area contributed by atoms with Crippen molar-refractivity contribution in [1.82, 2.24) is 5.32 Å². The van der Waals surface area contributed by atoms with E-state index in [-0.39, 0.29) is 18.9 Å². The highest BCUT2D eigenvalue weighted by Crippen LogP contribution is 2.13. The zero-order chi connectivity index (χ0) is 33.1. The van der Waals surface area contributed by atoms with Crippen molar-refractivity contribution in [3.63, 3.8) is 0 Å². The Bertz CT molecular complexity index is 745. The summed E-state index contributed by atoms with van der Waals surface area (Å²) in [6.45, 7) is 4.14. The lowest BCUT2D eigenvalue weighted by Gasteiger charge is -2.20. The van der Waals surface area contributed by atoms with E-state index in [0.717, 1.165) is 51.4 Å². The molecule has 5 nitrogen and oxygen atoms in total. The Morgan fingerprint density at radius 1 is 0.556 bits per heavy atom. The van der Waals surface area contributed by atoms with Crippen LogP contribution in [0.25, 0.3) is 0 Å². The van der Waals surface area contributed by atoms with Gasteiger partial charge < -0.3 is 20.6 Å². The number of allylic oxidation sites excluding steroid dienone is 7. The van der Waals surface area contributed by atoms with E-state index in [9.17, 15) is 20.1 Å². The van der Waals surface area contributed by atoms with Crippen molar-refractivity contribution < 1.29 is 20.1 Å². The fraction of sp³-hybridized carbons (Fsp3) is 0.775. The van der Waals surface area contributed by atoms with Crippen LogP contribution in [0.2, 0.25) is 0 Å². The third-order valence-electron chi connectivity index (χ3n) is 8.32. The van der Waals surface area contributed by atoms with Gasteiger partial charge in [0.1, 0.15) is 0 Å². The predicted octanol–water partition coefficient (Wildman–Crippen LogP) is 10.2. The van der Waals surface area contributed by atoms with Gasteiger partial charge in [-0.2, -0.15) is 0 Å². The first-order chi connectivity index (χ1) is 22.0. The first-order valence-corrected chi connectivity index (χ1v) is 18.9. The zero-order valence-corrected chi connectivity index (χ0v) is 29.5. The maximum absolute atomic E-state index is 12.4. The SMILES string of the molecule is CCCCC/C=C/CC/C=C/CC/C=C/C(O)C(CO)NC(=O)CC(O)CCCCCCC/C=C\CCCCCCCCCC. The molecule has 45 heavy (non-hydrogen) atoms. The Balaban J connectivity index is 3.80. The number of hydrogen-bond donors (Lipinski definition) is 4. The first kappa shape index (κ1) is 43.3. The Morgan fingerprint density at radius 2 is 0.956 bits per heavy atom. The predicted molar refractivity (Wildman–Crippen MR) is 194 cm³/mol.